The average Bonchev–Trinajstić information content (AvgIpc) is 0. The summed E-state index contributed by atoms with van der Waals surface area (Å²) >= 11 is 0. The summed E-state index contributed by atoms with van der Waals surface area (Å²) in [5.41, 5.74) is 0. The minimum absolute atomic E-state index is 0. The summed E-state index contributed by atoms with van der Waals surface area (Å²) < 4.78 is 0. The van der Waals surface area contributed by atoms with Gasteiger partial charge in [0.2, 0.25) is 0 Å². The Labute approximate surface area is 69.8 Å². The smallest absolute Gasteiger partial charge is 1.00 e. The molecule has 4 heavy (non-hydrogen) atoms. The third kappa shape index (κ3) is 8.96. The van der Waals surface area contributed by atoms with Gasteiger partial charge in [0.1, 0.15) is 0 Å². The molecule has 4 heteroatoms. The third-order valence-electron chi connectivity index (χ3n) is 0. The fourth-order valence-electron chi connectivity index (χ4n) is 0. The minimum Gasteiger partial charge on any atom is -1.00 e. The quantitative estimate of drug-likeness (QED) is 0.384. The molecule has 29 valence electrons. The first-order valence-corrected chi connectivity index (χ1v) is 0. The van der Waals surface area contributed by atoms with E-state index in [9.17, 15) is 0 Å². The summed E-state index contributed by atoms with van der Waals surface area (Å²) in [5, 5.41) is 0. The topological polar surface area (TPSA) is 0 Å². The molecule has 0 spiro atoms. The van der Waals surface area contributed by atoms with Crippen LogP contribution in [-0.4, -0.2) is 0 Å². The Kier molecular flexibility index (Phi) is 179. The first-order valence-electron chi connectivity index (χ1n) is 0. The molecule has 0 aromatic rings. The predicted molar refractivity (Wildman–Crippen MR) is 0 cm³/mol. The Morgan fingerprint density at radius 2 is 0.500 bits per heavy atom. The monoisotopic (exact) mass is 339 g/mol. The summed E-state index contributed by atoms with van der Waals surface area (Å²) in [6.07, 6.45) is 0. The van der Waals surface area contributed by atoms with E-state index in [0.29, 0.717) is 0 Å². The predicted octanol–water partition coefficient (Wildman–Crippen LogP) is -8.99. The Morgan fingerprint density at radius 1 is 0.500 bits per heavy atom. The van der Waals surface area contributed by atoms with Crippen molar-refractivity contribution in [2.75, 3.05) is 0 Å². The molecule has 0 bridgehead atoms. The second-order valence-electron chi connectivity index (χ2n) is 0. The van der Waals surface area contributed by atoms with Crippen LogP contribution in [-0.2, 0) is 19.5 Å². The van der Waals surface area contributed by atoms with Crippen molar-refractivity contribution >= 4 is 0 Å². The van der Waals surface area contributed by atoms with Gasteiger partial charge < -0.3 is 50.9 Å². The summed E-state index contributed by atoms with van der Waals surface area (Å²) in [5.74, 6) is 0. The molecule has 0 fully saturated rings. The number of hydrogen-bond donors (Lipinski definition) is 0. The Balaban J connectivity index is 0. The van der Waals surface area contributed by atoms with E-state index in [-0.39, 0.29) is 70.4 Å². The molecule has 0 aliphatic heterocycles. The van der Waals surface area contributed by atoms with Crippen molar-refractivity contribution in [1.82, 2.24) is 0 Å². The van der Waals surface area contributed by atoms with Crippen LogP contribution in [0.3, 0.4) is 0 Å². The zero-order valence-electron chi connectivity index (χ0n) is 1.49. The second-order valence-corrected chi connectivity index (χ2v) is 0. The van der Waals surface area contributed by atoms with Gasteiger partial charge >= 0.3 is 19.5 Å². The van der Waals surface area contributed by atoms with Crippen molar-refractivity contribution in [2.45, 2.75) is 0 Å². The molecule has 0 N–H and O–H groups in total. The van der Waals surface area contributed by atoms with Gasteiger partial charge in [-0.2, -0.15) is 0 Å². The van der Waals surface area contributed by atoms with Crippen molar-refractivity contribution in [3.8, 4) is 0 Å². The van der Waals surface area contributed by atoms with Crippen LogP contribution in [0.4, 0.5) is 0 Å². The first kappa shape index (κ1) is 36.5. The summed E-state index contributed by atoms with van der Waals surface area (Å²) in [6.45, 7) is 0. The Hall–Kier alpha value is 2.06. The van der Waals surface area contributed by atoms with Crippen molar-refractivity contribution in [3.05, 3.63) is 0 Å². The molecular weight excluding hydrogens is 341 g/mol. The fourth-order valence-corrected chi connectivity index (χ4v) is 0. The van der Waals surface area contributed by atoms with E-state index in [0.717, 1.165) is 0 Å². The second kappa shape index (κ2) is 19.6. The maximum Gasteiger partial charge on any atom is 3.00 e. The Morgan fingerprint density at radius 3 is 0.500 bits per heavy atom. The van der Waals surface area contributed by atoms with Gasteiger partial charge in [-0.25, -0.2) is 0 Å². The van der Waals surface area contributed by atoms with E-state index >= 15 is 0 Å². The van der Waals surface area contributed by atoms with Gasteiger partial charge in [0.05, 0.1) is 0 Å². The maximum absolute atomic E-state index is 0. The average molecular weight is 341 g/mol. The zero-order chi connectivity index (χ0) is 0. The van der Waals surface area contributed by atoms with Crippen molar-refractivity contribution in [2.24, 2.45) is 0 Å². The van der Waals surface area contributed by atoms with Gasteiger partial charge in [-0.1, -0.05) is 0 Å². The molecule has 1 radical (unpaired) electrons. The van der Waals surface area contributed by atoms with Gasteiger partial charge in [0.25, 0.3) is 0 Å². The van der Waals surface area contributed by atoms with Crippen molar-refractivity contribution in [3.63, 3.8) is 0 Å². The number of halogens is 3. The van der Waals surface area contributed by atoms with Crippen LogP contribution < -0.4 is 50.9 Å². The molecule has 0 rings (SSSR count). The molecule has 0 atom stereocenters. The normalized spacial score (nSPS) is 0. The molecule has 0 nitrogen and oxygen atoms in total. The number of rotatable bonds is 0. The standard InChI is InChI=1S/3BrH.Ru/h3*1H;/q;;;+3/p-3. The minimum atomic E-state index is 0. The van der Waals surface area contributed by atoms with Crippen LogP contribution in [0.15, 0.2) is 0 Å². The molecule has 0 aliphatic carbocycles. The van der Waals surface area contributed by atoms with Gasteiger partial charge in [-0.15, -0.1) is 0 Å². The van der Waals surface area contributed by atoms with Crippen LogP contribution in [0.1, 0.15) is 0 Å². The van der Waals surface area contributed by atoms with E-state index in [1.165, 1.54) is 0 Å². The van der Waals surface area contributed by atoms with E-state index in [1.54, 1.807) is 0 Å². The summed E-state index contributed by atoms with van der Waals surface area (Å²) in [7, 11) is 0. The molecular formula is Br3Ru. The van der Waals surface area contributed by atoms with Crippen LogP contribution in [0.2, 0.25) is 0 Å². The molecule has 0 aromatic carbocycles. The molecule has 0 aliphatic rings. The SMILES string of the molecule is [Br-].[Br-].[Br-].[Ru+3]. The van der Waals surface area contributed by atoms with E-state index in [2.05, 4.69) is 0 Å². The van der Waals surface area contributed by atoms with Crippen molar-refractivity contribution in [1.29, 1.82) is 0 Å². The summed E-state index contributed by atoms with van der Waals surface area (Å²) in [6, 6.07) is 0. The van der Waals surface area contributed by atoms with Crippen LogP contribution in [0.25, 0.3) is 0 Å². The molecule has 0 unspecified atom stereocenters. The van der Waals surface area contributed by atoms with E-state index in [4.69, 9.17) is 0 Å². The van der Waals surface area contributed by atoms with E-state index in [1.807, 2.05) is 0 Å². The molecule has 0 aromatic heterocycles. The zero-order valence-corrected chi connectivity index (χ0v) is 7.98. The van der Waals surface area contributed by atoms with Gasteiger partial charge in [-0.05, 0) is 0 Å². The van der Waals surface area contributed by atoms with E-state index < -0.39 is 0 Å². The Bertz CT molecular complexity index is 3.25. The number of hydrogen-bond acceptors (Lipinski definition) is 0. The third-order valence-corrected chi connectivity index (χ3v) is 0. The van der Waals surface area contributed by atoms with Crippen LogP contribution >= 0.6 is 0 Å². The fraction of sp³-hybridized carbons (Fsp3) is 0. The van der Waals surface area contributed by atoms with Crippen LogP contribution in [0, 0.1) is 0 Å². The summed E-state index contributed by atoms with van der Waals surface area (Å²) in [4.78, 5) is 0. The van der Waals surface area contributed by atoms with Gasteiger partial charge in [0, 0.05) is 0 Å². The molecule has 0 amide bonds. The maximum atomic E-state index is 0. The molecule has 0 saturated heterocycles. The van der Waals surface area contributed by atoms with Crippen molar-refractivity contribution < 1.29 is 70.4 Å². The van der Waals surface area contributed by atoms with Gasteiger partial charge in [0.15, 0.2) is 0 Å². The largest absolute Gasteiger partial charge is 3.00 e. The molecule has 0 heterocycles. The molecule has 0 saturated carbocycles. The van der Waals surface area contributed by atoms with Gasteiger partial charge in [-0.3, -0.25) is 0 Å². The van der Waals surface area contributed by atoms with Crippen LogP contribution in [0.5, 0.6) is 0 Å². The first-order chi connectivity index (χ1) is 0.